The summed E-state index contributed by atoms with van der Waals surface area (Å²) in [5.74, 6) is -15.4. The number of halogens is 13. The van der Waals surface area contributed by atoms with Gasteiger partial charge in [0.05, 0.1) is 6.61 Å². The highest BCUT2D eigenvalue weighted by Gasteiger charge is 2.93. The molecule has 14 heteroatoms. The van der Waals surface area contributed by atoms with Crippen LogP contribution < -0.4 is 0 Å². The van der Waals surface area contributed by atoms with Crippen LogP contribution in [0.15, 0.2) is 0 Å². The van der Waals surface area contributed by atoms with Gasteiger partial charge in [0.25, 0.3) is 0 Å². The van der Waals surface area contributed by atoms with Crippen LogP contribution in [0.25, 0.3) is 0 Å². The summed E-state index contributed by atoms with van der Waals surface area (Å²) >= 11 is 0. The van der Waals surface area contributed by atoms with E-state index in [4.69, 9.17) is 0 Å². The average Bonchev–Trinajstić information content (AvgIpc) is 2.31. The van der Waals surface area contributed by atoms with E-state index >= 15 is 0 Å². The molecule has 0 aliphatic rings. The molecule has 0 aromatic rings. The second-order valence-corrected chi connectivity index (χ2v) is 4.17. The summed E-state index contributed by atoms with van der Waals surface area (Å²) in [6.07, 6.45) is -22.4. The maximum Gasteiger partial charge on any atom is 0.438 e. The van der Waals surface area contributed by atoms with Crippen LogP contribution in [0.5, 0.6) is 0 Å². The van der Waals surface area contributed by atoms with Crippen molar-refractivity contribution in [1.29, 1.82) is 0 Å². The highest BCUT2D eigenvalue weighted by molar-refractivity contribution is 5.13. The van der Waals surface area contributed by atoms with Gasteiger partial charge in [-0.2, -0.15) is 52.7 Å². The Morgan fingerprint density at radius 3 is 1.22 bits per heavy atom. The van der Waals surface area contributed by atoms with Gasteiger partial charge in [0.1, 0.15) is 0 Å². The lowest BCUT2D eigenvalue weighted by atomic mass is 9.90. The van der Waals surface area contributed by atoms with E-state index in [-0.39, 0.29) is 0 Å². The smallest absolute Gasteiger partial charge is 0.316 e. The molecule has 0 radical (unpaired) electrons. The summed E-state index contributed by atoms with van der Waals surface area (Å²) in [5.41, 5.74) is -7.94. The minimum Gasteiger partial charge on any atom is -0.316 e. The van der Waals surface area contributed by atoms with Gasteiger partial charge in [-0.3, -0.25) is 0 Å². The first-order valence-corrected chi connectivity index (χ1v) is 5.41. The molecule has 0 atom stereocenters. The maximum absolute atomic E-state index is 13.1. The fourth-order valence-electron chi connectivity index (χ4n) is 1.24. The highest BCUT2D eigenvalue weighted by Crippen LogP contribution is 2.61. The number of alkyl halides is 13. The molecule has 0 heterocycles. The summed E-state index contributed by atoms with van der Waals surface area (Å²) in [5, 5.41) is 0. The molecular formula is C9H7F13O. The van der Waals surface area contributed by atoms with Crippen LogP contribution in [0, 0.1) is 0 Å². The number of hydrogen-bond donors (Lipinski definition) is 0. The van der Waals surface area contributed by atoms with E-state index in [1.807, 2.05) is 0 Å². The number of hydrogen-bond acceptors (Lipinski definition) is 1. The molecule has 1 nitrogen and oxygen atoms in total. The molecule has 0 aliphatic heterocycles. The third kappa shape index (κ3) is 3.18. The predicted molar refractivity (Wildman–Crippen MR) is 47.0 cm³/mol. The van der Waals surface area contributed by atoms with Crippen molar-refractivity contribution in [2.75, 3.05) is 6.61 Å². The molecule has 0 fully saturated rings. The lowest BCUT2D eigenvalue weighted by Gasteiger charge is -2.41. The van der Waals surface area contributed by atoms with E-state index in [1.165, 1.54) is 0 Å². The fraction of sp³-hybridized carbons (Fsp3) is 1.00. The van der Waals surface area contributed by atoms with Crippen LogP contribution in [0.4, 0.5) is 57.1 Å². The van der Waals surface area contributed by atoms with Crippen LogP contribution in [0.2, 0.25) is 0 Å². The highest BCUT2D eigenvalue weighted by atomic mass is 19.4. The average molecular weight is 378 g/mol. The van der Waals surface area contributed by atoms with Gasteiger partial charge in [-0.05, 0) is 6.42 Å². The Morgan fingerprint density at radius 1 is 0.609 bits per heavy atom. The molecule has 0 unspecified atom stereocenters. The quantitative estimate of drug-likeness (QED) is 0.584. The molecule has 0 amide bonds. The van der Waals surface area contributed by atoms with Crippen molar-refractivity contribution >= 4 is 0 Å². The topological polar surface area (TPSA) is 9.23 Å². The van der Waals surface area contributed by atoms with Crippen LogP contribution >= 0.6 is 0 Å². The van der Waals surface area contributed by atoms with Crippen molar-refractivity contribution in [3.05, 3.63) is 0 Å². The minimum absolute atomic E-state index is 0.531. The zero-order valence-corrected chi connectivity index (χ0v) is 10.7. The molecule has 23 heavy (non-hydrogen) atoms. The SMILES string of the molecule is CCCOC(F)(F)C(F)(F)C(F)(F)C(F)(C(F)(F)F)C(F)(F)F. The van der Waals surface area contributed by atoms with E-state index in [9.17, 15) is 57.1 Å². The van der Waals surface area contributed by atoms with E-state index in [1.54, 1.807) is 0 Å². The second kappa shape index (κ2) is 5.84. The van der Waals surface area contributed by atoms with Crippen molar-refractivity contribution in [3.8, 4) is 0 Å². The van der Waals surface area contributed by atoms with Crippen molar-refractivity contribution in [2.45, 2.75) is 49.3 Å². The van der Waals surface area contributed by atoms with Crippen LogP contribution in [-0.4, -0.2) is 42.6 Å². The fourth-order valence-corrected chi connectivity index (χ4v) is 1.24. The molecule has 0 rings (SSSR count). The molecule has 0 N–H and O–H groups in total. The molecule has 0 aromatic heterocycles. The van der Waals surface area contributed by atoms with Gasteiger partial charge in [0.2, 0.25) is 0 Å². The maximum atomic E-state index is 13.1. The molecule has 0 saturated heterocycles. The Labute approximate surface area is 119 Å². The van der Waals surface area contributed by atoms with Crippen LogP contribution in [-0.2, 0) is 4.74 Å². The van der Waals surface area contributed by atoms with Gasteiger partial charge < -0.3 is 4.74 Å². The number of ether oxygens (including phenoxy) is 1. The zero-order chi connectivity index (χ0) is 19.1. The van der Waals surface area contributed by atoms with Gasteiger partial charge in [0.15, 0.2) is 0 Å². The van der Waals surface area contributed by atoms with Crippen LogP contribution in [0.3, 0.4) is 0 Å². The normalized spacial score (nSPS) is 15.9. The van der Waals surface area contributed by atoms with Gasteiger partial charge in [-0.25, -0.2) is 4.39 Å². The number of rotatable bonds is 6. The Kier molecular flexibility index (Phi) is 5.60. The third-order valence-electron chi connectivity index (χ3n) is 2.46. The Morgan fingerprint density at radius 2 is 0.957 bits per heavy atom. The lowest BCUT2D eigenvalue weighted by molar-refractivity contribution is -0.469. The zero-order valence-electron chi connectivity index (χ0n) is 10.7. The van der Waals surface area contributed by atoms with Gasteiger partial charge in [-0.15, -0.1) is 0 Å². The summed E-state index contributed by atoms with van der Waals surface area (Å²) in [7, 11) is 0. The van der Waals surface area contributed by atoms with Crippen molar-refractivity contribution in [3.63, 3.8) is 0 Å². The summed E-state index contributed by atoms with van der Waals surface area (Å²) in [6.45, 7) is -0.437. The monoisotopic (exact) mass is 378 g/mol. The Bertz CT molecular complexity index is 393. The van der Waals surface area contributed by atoms with E-state index < -0.39 is 49.0 Å². The third-order valence-corrected chi connectivity index (χ3v) is 2.46. The summed E-state index contributed by atoms with van der Waals surface area (Å²) in [6, 6.07) is 0. The molecule has 0 aliphatic carbocycles. The molecular weight excluding hydrogens is 371 g/mol. The summed E-state index contributed by atoms with van der Waals surface area (Å²) in [4.78, 5) is 0. The Balaban J connectivity index is 6.28. The first-order valence-electron chi connectivity index (χ1n) is 5.41. The largest absolute Gasteiger partial charge is 0.438 e. The molecule has 0 aromatic carbocycles. The molecule has 140 valence electrons. The van der Waals surface area contributed by atoms with Crippen molar-refractivity contribution in [2.24, 2.45) is 0 Å². The first kappa shape index (κ1) is 22.1. The predicted octanol–water partition coefficient (Wildman–Crippen LogP) is 5.11. The summed E-state index contributed by atoms with van der Waals surface area (Å²) < 4.78 is 166. The molecule has 0 saturated carbocycles. The van der Waals surface area contributed by atoms with Gasteiger partial charge in [0, 0.05) is 0 Å². The van der Waals surface area contributed by atoms with Gasteiger partial charge in [-0.1, -0.05) is 6.92 Å². The Hall–Kier alpha value is -0.950. The van der Waals surface area contributed by atoms with Crippen molar-refractivity contribution in [1.82, 2.24) is 0 Å². The lowest BCUT2D eigenvalue weighted by Crippen LogP contribution is -2.73. The molecule has 0 bridgehead atoms. The minimum atomic E-state index is -7.94. The second-order valence-electron chi connectivity index (χ2n) is 4.17. The molecule has 0 spiro atoms. The van der Waals surface area contributed by atoms with Gasteiger partial charge >= 0.3 is 36.0 Å². The van der Waals surface area contributed by atoms with Crippen LogP contribution in [0.1, 0.15) is 13.3 Å². The standard InChI is InChI=1S/C9H7F13O/c1-2-3-23-9(21,22)6(13,14)5(11,12)4(10,7(15,16)17)8(18,19)20/h2-3H2,1H3. The van der Waals surface area contributed by atoms with E-state index in [0.29, 0.717) is 0 Å². The first-order chi connectivity index (χ1) is 9.81. The van der Waals surface area contributed by atoms with E-state index in [2.05, 4.69) is 4.74 Å². The van der Waals surface area contributed by atoms with Crippen molar-refractivity contribution < 1.29 is 61.8 Å². The van der Waals surface area contributed by atoms with E-state index in [0.717, 1.165) is 6.92 Å².